The van der Waals surface area contributed by atoms with Crippen LogP contribution >= 0.6 is 0 Å². The highest BCUT2D eigenvalue weighted by Crippen LogP contribution is 2.07. The molecule has 0 aromatic carbocycles. The van der Waals surface area contributed by atoms with Gasteiger partial charge in [-0.1, -0.05) is 26.2 Å². The van der Waals surface area contributed by atoms with E-state index in [4.69, 9.17) is 4.74 Å². The number of rotatable bonds is 6. The van der Waals surface area contributed by atoms with Gasteiger partial charge in [0, 0.05) is 7.11 Å². The number of ether oxygens (including phenoxy) is 2. The van der Waals surface area contributed by atoms with Gasteiger partial charge in [0.05, 0.1) is 7.11 Å². The molecule has 0 aromatic rings. The zero-order chi connectivity index (χ0) is 9.40. The van der Waals surface area contributed by atoms with Crippen LogP contribution in [-0.2, 0) is 14.3 Å². The van der Waals surface area contributed by atoms with Gasteiger partial charge in [-0.2, -0.15) is 0 Å². The molecule has 72 valence electrons. The largest absolute Gasteiger partial charge is 0.467 e. The van der Waals surface area contributed by atoms with Crippen LogP contribution in [0.1, 0.15) is 32.6 Å². The maximum Gasteiger partial charge on any atom is 0.334 e. The van der Waals surface area contributed by atoms with E-state index in [-0.39, 0.29) is 12.1 Å². The molecule has 0 saturated carbocycles. The van der Waals surface area contributed by atoms with E-state index in [1.165, 1.54) is 14.2 Å². The molecule has 0 bridgehead atoms. The van der Waals surface area contributed by atoms with Gasteiger partial charge in [0.2, 0.25) is 0 Å². The van der Waals surface area contributed by atoms with Crippen LogP contribution in [0.4, 0.5) is 0 Å². The van der Waals surface area contributed by atoms with Crippen molar-refractivity contribution in [3.05, 3.63) is 0 Å². The summed E-state index contributed by atoms with van der Waals surface area (Å²) in [5.41, 5.74) is 0. The summed E-state index contributed by atoms with van der Waals surface area (Å²) in [6, 6.07) is 0. The highest BCUT2D eigenvalue weighted by atomic mass is 16.6. The van der Waals surface area contributed by atoms with Crippen LogP contribution in [0.2, 0.25) is 0 Å². The molecule has 0 rings (SSSR count). The van der Waals surface area contributed by atoms with Crippen molar-refractivity contribution in [1.82, 2.24) is 0 Å². The van der Waals surface area contributed by atoms with Crippen molar-refractivity contribution in [3.8, 4) is 0 Å². The average molecular weight is 174 g/mol. The van der Waals surface area contributed by atoms with E-state index in [2.05, 4.69) is 11.7 Å². The topological polar surface area (TPSA) is 35.5 Å². The van der Waals surface area contributed by atoms with E-state index in [0.717, 1.165) is 25.7 Å². The van der Waals surface area contributed by atoms with Gasteiger partial charge in [-0.25, -0.2) is 4.79 Å². The van der Waals surface area contributed by atoms with Gasteiger partial charge >= 0.3 is 5.97 Å². The van der Waals surface area contributed by atoms with Crippen LogP contribution in [0, 0.1) is 0 Å². The highest BCUT2D eigenvalue weighted by Gasteiger charge is 2.16. The molecule has 0 amide bonds. The highest BCUT2D eigenvalue weighted by molar-refractivity contribution is 5.74. The molecule has 1 atom stereocenters. The molecular weight excluding hydrogens is 156 g/mol. The zero-order valence-corrected chi connectivity index (χ0v) is 8.13. The fourth-order valence-electron chi connectivity index (χ4n) is 1.04. The first kappa shape index (κ1) is 11.4. The van der Waals surface area contributed by atoms with Gasteiger partial charge in [0.1, 0.15) is 0 Å². The van der Waals surface area contributed by atoms with Crippen molar-refractivity contribution in [2.24, 2.45) is 0 Å². The average Bonchev–Trinajstić information content (AvgIpc) is 2.11. The third kappa shape index (κ3) is 4.34. The van der Waals surface area contributed by atoms with E-state index in [1.807, 2.05) is 0 Å². The van der Waals surface area contributed by atoms with Crippen LogP contribution in [0.5, 0.6) is 0 Å². The van der Waals surface area contributed by atoms with Crippen LogP contribution in [0.15, 0.2) is 0 Å². The first-order valence-corrected chi connectivity index (χ1v) is 4.36. The second kappa shape index (κ2) is 7.10. The first-order chi connectivity index (χ1) is 5.76. The molecule has 0 spiro atoms. The number of hydrogen-bond acceptors (Lipinski definition) is 3. The summed E-state index contributed by atoms with van der Waals surface area (Å²) in [5.74, 6) is -0.270. The molecular formula is C9H18O3. The normalized spacial score (nSPS) is 12.6. The fraction of sp³-hybridized carbons (Fsp3) is 0.889. The van der Waals surface area contributed by atoms with Crippen molar-refractivity contribution >= 4 is 5.97 Å². The number of hydrogen-bond donors (Lipinski definition) is 0. The van der Waals surface area contributed by atoms with Gasteiger partial charge in [0.25, 0.3) is 0 Å². The van der Waals surface area contributed by atoms with E-state index < -0.39 is 0 Å². The molecule has 0 aliphatic carbocycles. The summed E-state index contributed by atoms with van der Waals surface area (Å²) >= 11 is 0. The Morgan fingerprint density at radius 1 is 1.33 bits per heavy atom. The lowest BCUT2D eigenvalue weighted by Gasteiger charge is -2.11. The van der Waals surface area contributed by atoms with Gasteiger partial charge in [-0.05, 0) is 6.42 Å². The standard InChI is InChI=1S/C9H18O3/c1-4-5-6-7-8(11-2)9(10)12-3/h8H,4-7H2,1-3H3. The number of carbonyl (C=O) groups excluding carboxylic acids is 1. The third-order valence-corrected chi connectivity index (χ3v) is 1.82. The summed E-state index contributed by atoms with van der Waals surface area (Å²) in [6.45, 7) is 2.12. The fourth-order valence-corrected chi connectivity index (χ4v) is 1.04. The quantitative estimate of drug-likeness (QED) is 0.454. The molecule has 0 fully saturated rings. The van der Waals surface area contributed by atoms with Crippen LogP contribution < -0.4 is 0 Å². The third-order valence-electron chi connectivity index (χ3n) is 1.82. The Bertz CT molecular complexity index is 123. The smallest absolute Gasteiger partial charge is 0.334 e. The van der Waals surface area contributed by atoms with Crippen molar-refractivity contribution in [2.75, 3.05) is 14.2 Å². The SMILES string of the molecule is CCCCCC(OC)C(=O)OC. The number of unbranched alkanes of at least 4 members (excludes halogenated alkanes) is 2. The molecule has 3 nitrogen and oxygen atoms in total. The van der Waals surface area contributed by atoms with Crippen LogP contribution in [0.25, 0.3) is 0 Å². The maximum absolute atomic E-state index is 11.0. The minimum Gasteiger partial charge on any atom is -0.467 e. The molecule has 12 heavy (non-hydrogen) atoms. The molecule has 0 heterocycles. The molecule has 3 heteroatoms. The lowest BCUT2D eigenvalue weighted by molar-refractivity contribution is -0.152. The Labute approximate surface area is 74.0 Å². The van der Waals surface area contributed by atoms with Gasteiger partial charge in [-0.15, -0.1) is 0 Å². The summed E-state index contributed by atoms with van der Waals surface area (Å²) in [5, 5.41) is 0. The Hall–Kier alpha value is -0.570. The summed E-state index contributed by atoms with van der Waals surface area (Å²) in [7, 11) is 2.92. The Morgan fingerprint density at radius 3 is 2.42 bits per heavy atom. The molecule has 0 aliphatic rings. The van der Waals surface area contributed by atoms with Crippen molar-refractivity contribution in [2.45, 2.75) is 38.7 Å². The zero-order valence-electron chi connectivity index (χ0n) is 8.13. The maximum atomic E-state index is 11.0. The molecule has 0 aliphatic heterocycles. The van der Waals surface area contributed by atoms with Crippen molar-refractivity contribution in [1.29, 1.82) is 0 Å². The lowest BCUT2D eigenvalue weighted by Crippen LogP contribution is -2.24. The lowest BCUT2D eigenvalue weighted by atomic mass is 10.1. The van der Waals surface area contributed by atoms with Crippen LogP contribution in [0.3, 0.4) is 0 Å². The molecule has 0 aromatic heterocycles. The van der Waals surface area contributed by atoms with Gasteiger partial charge < -0.3 is 9.47 Å². The summed E-state index contributed by atoms with van der Waals surface area (Å²) < 4.78 is 9.55. The summed E-state index contributed by atoms with van der Waals surface area (Å²) in [4.78, 5) is 11.0. The van der Waals surface area contributed by atoms with Gasteiger partial charge in [0.15, 0.2) is 6.10 Å². The molecule has 0 radical (unpaired) electrons. The van der Waals surface area contributed by atoms with Crippen molar-refractivity contribution in [3.63, 3.8) is 0 Å². The van der Waals surface area contributed by atoms with Crippen LogP contribution in [-0.4, -0.2) is 26.3 Å². The van der Waals surface area contributed by atoms with E-state index in [1.54, 1.807) is 0 Å². The second-order valence-corrected chi connectivity index (χ2v) is 2.74. The second-order valence-electron chi connectivity index (χ2n) is 2.74. The van der Waals surface area contributed by atoms with E-state index in [9.17, 15) is 4.79 Å². The minimum atomic E-state index is -0.374. The minimum absolute atomic E-state index is 0.270. The van der Waals surface area contributed by atoms with E-state index in [0.29, 0.717) is 0 Å². The van der Waals surface area contributed by atoms with E-state index >= 15 is 0 Å². The summed E-state index contributed by atoms with van der Waals surface area (Å²) in [6.07, 6.45) is 3.69. The van der Waals surface area contributed by atoms with Crippen molar-refractivity contribution < 1.29 is 14.3 Å². The number of carbonyl (C=O) groups is 1. The first-order valence-electron chi connectivity index (χ1n) is 4.36. The predicted octanol–water partition coefficient (Wildman–Crippen LogP) is 1.75. The Kier molecular flexibility index (Phi) is 6.76. The van der Waals surface area contributed by atoms with Gasteiger partial charge in [-0.3, -0.25) is 0 Å². The predicted molar refractivity (Wildman–Crippen MR) is 47.0 cm³/mol. The molecule has 0 N–H and O–H groups in total. The Morgan fingerprint density at radius 2 is 2.00 bits per heavy atom. The molecule has 0 saturated heterocycles. The number of esters is 1. The monoisotopic (exact) mass is 174 g/mol. The number of methoxy groups -OCH3 is 2. The molecule has 1 unspecified atom stereocenters. The Balaban J connectivity index is 3.60.